The zero-order valence-corrected chi connectivity index (χ0v) is 23.4. The van der Waals surface area contributed by atoms with Gasteiger partial charge in [0.05, 0.1) is 34.7 Å². The molecule has 1 aliphatic heterocycles. The maximum absolute atomic E-state index is 14.0. The third-order valence-corrected chi connectivity index (χ3v) is 9.63. The molecule has 1 aliphatic rings. The molecule has 6 rings (SSSR count). The summed E-state index contributed by atoms with van der Waals surface area (Å²) in [6.07, 6.45) is 0.819. The zero-order valence-electron chi connectivity index (χ0n) is 20.3. The van der Waals surface area contributed by atoms with Crippen LogP contribution in [-0.2, 0) is 30.1 Å². The number of benzene rings is 2. The fraction of sp³-hybridized carbons (Fsp3) is 0.296. The highest BCUT2D eigenvalue weighted by molar-refractivity contribution is 7.98. The van der Waals surface area contributed by atoms with Gasteiger partial charge >= 0.3 is 0 Å². The van der Waals surface area contributed by atoms with Crippen LogP contribution in [0.2, 0.25) is 10.0 Å². The van der Waals surface area contributed by atoms with Crippen molar-refractivity contribution in [1.29, 1.82) is 0 Å². The van der Waals surface area contributed by atoms with Crippen LogP contribution in [0.5, 0.6) is 0 Å². The summed E-state index contributed by atoms with van der Waals surface area (Å²) >= 11 is 15.5. The summed E-state index contributed by atoms with van der Waals surface area (Å²) < 4.78 is 9.93. The first-order chi connectivity index (χ1) is 17.9. The molecule has 0 aliphatic carbocycles. The lowest BCUT2D eigenvalue weighted by atomic mass is 9.96. The van der Waals surface area contributed by atoms with Crippen molar-refractivity contribution in [3.63, 3.8) is 0 Å². The van der Waals surface area contributed by atoms with Gasteiger partial charge in [-0.25, -0.2) is 4.40 Å². The van der Waals surface area contributed by atoms with Gasteiger partial charge in [-0.2, -0.15) is 0 Å². The van der Waals surface area contributed by atoms with Crippen LogP contribution in [0.1, 0.15) is 35.4 Å². The zero-order chi connectivity index (χ0) is 25.7. The van der Waals surface area contributed by atoms with Crippen LogP contribution < -0.4 is 5.56 Å². The number of halogens is 2. The maximum Gasteiger partial charge on any atom is 0.264 e. The molecular formula is C27H24Cl2N4O2S2. The molecule has 0 radical (unpaired) electrons. The van der Waals surface area contributed by atoms with E-state index >= 15 is 0 Å². The molecule has 0 N–H and O–H groups in total. The Balaban J connectivity index is 1.51. The highest BCUT2D eigenvalue weighted by atomic mass is 35.5. The quantitative estimate of drug-likeness (QED) is 0.209. The number of thioether (sulfide) groups is 1. The molecule has 2 aromatic carbocycles. The third kappa shape index (κ3) is 4.59. The number of rotatable bonds is 6. The molecule has 190 valence electrons. The van der Waals surface area contributed by atoms with E-state index in [1.165, 1.54) is 0 Å². The van der Waals surface area contributed by atoms with Crippen LogP contribution in [0.4, 0.5) is 0 Å². The molecule has 1 unspecified atom stereocenters. The van der Waals surface area contributed by atoms with E-state index in [2.05, 4.69) is 24.0 Å². The average Bonchev–Trinajstić information content (AvgIpc) is 3.49. The van der Waals surface area contributed by atoms with Crippen molar-refractivity contribution >= 4 is 62.3 Å². The minimum atomic E-state index is -0.0262. The molecule has 1 atom stereocenters. The molecule has 0 spiro atoms. The average molecular weight is 572 g/mol. The number of hydrogen-bond acceptors (Lipinski definition) is 6. The molecule has 0 saturated carbocycles. The van der Waals surface area contributed by atoms with Gasteiger partial charge in [0, 0.05) is 17.1 Å². The van der Waals surface area contributed by atoms with E-state index in [1.54, 1.807) is 33.7 Å². The summed E-state index contributed by atoms with van der Waals surface area (Å²) in [5.41, 5.74) is 3.14. The van der Waals surface area contributed by atoms with Crippen molar-refractivity contribution in [2.45, 2.75) is 50.4 Å². The summed E-state index contributed by atoms with van der Waals surface area (Å²) in [6, 6.07) is 15.6. The van der Waals surface area contributed by atoms with Gasteiger partial charge in [-0.15, -0.1) is 21.5 Å². The lowest BCUT2D eigenvalue weighted by Gasteiger charge is -2.26. The van der Waals surface area contributed by atoms with Crippen molar-refractivity contribution in [3.8, 4) is 0 Å². The predicted octanol–water partition coefficient (Wildman–Crippen LogP) is 6.85. The Morgan fingerprint density at radius 2 is 1.92 bits per heavy atom. The first-order valence-corrected chi connectivity index (χ1v) is 14.6. The molecule has 5 aromatic rings. The Morgan fingerprint density at radius 1 is 1.11 bits per heavy atom. The van der Waals surface area contributed by atoms with Crippen LogP contribution >= 0.6 is 46.3 Å². The Morgan fingerprint density at radius 3 is 2.68 bits per heavy atom. The summed E-state index contributed by atoms with van der Waals surface area (Å²) in [7, 11) is 0. The van der Waals surface area contributed by atoms with Crippen LogP contribution in [0.3, 0.4) is 0 Å². The predicted molar refractivity (Wildman–Crippen MR) is 151 cm³/mol. The summed E-state index contributed by atoms with van der Waals surface area (Å²) in [4.78, 5) is 16.0. The molecule has 37 heavy (non-hydrogen) atoms. The van der Waals surface area contributed by atoms with E-state index in [1.807, 2.05) is 46.9 Å². The van der Waals surface area contributed by atoms with Gasteiger partial charge in [-0.3, -0.25) is 9.36 Å². The van der Waals surface area contributed by atoms with Gasteiger partial charge in [0.25, 0.3) is 5.56 Å². The van der Waals surface area contributed by atoms with Gasteiger partial charge in [0.15, 0.2) is 5.16 Å². The number of nitrogens with zero attached hydrogens (tertiary/aromatic N) is 4. The number of thiophene rings is 1. The highest BCUT2D eigenvalue weighted by Crippen LogP contribution is 2.38. The summed E-state index contributed by atoms with van der Waals surface area (Å²) in [5, 5.41) is 11.6. The fourth-order valence-corrected chi connectivity index (χ4v) is 7.19. The molecule has 0 amide bonds. The summed E-state index contributed by atoms with van der Waals surface area (Å²) in [5.74, 6) is 1.55. The first kappa shape index (κ1) is 24.9. The highest BCUT2D eigenvalue weighted by Gasteiger charge is 2.30. The molecule has 3 aromatic heterocycles. The second-order valence-electron chi connectivity index (χ2n) is 9.51. The van der Waals surface area contributed by atoms with Crippen molar-refractivity contribution in [2.24, 2.45) is 5.92 Å². The van der Waals surface area contributed by atoms with Gasteiger partial charge in [-0.05, 0) is 34.7 Å². The minimum Gasteiger partial charge on any atom is -0.372 e. The van der Waals surface area contributed by atoms with Crippen molar-refractivity contribution in [2.75, 3.05) is 0 Å². The number of ether oxygens (including phenoxy) is 1. The second-order valence-corrected chi connectivity index (χ2v) is 12.4. The normalized spacial score (nSPS) is 15.6. The Kier molecular flexibility index (Phi) is 6.79. The van der Waals surface area contributed by atoms with E-state index in [0.717, 1.165) is 43.4 Å². The number of hydrogen-bond donors (Lipinski definition) is 0. The smallest absolute Gasteiger partial charge is 0.264 e. The maximum atomic E-state index is 14.0. The molecule has 4 heterocycles. The van der Waals surface area contributed by atoms with Gasteiger partial charge in [0.2, 0.25) is 5.78 Å². The molecule has 0 fully saturated rings. The van der Waals surface area contributed by atoms with Gasteiger partial charge < -0.3 is 4.74 Å². The van der Waals surface area contributed by atoms with E-state index in [4.69, 9.17) is 27.9 Å². The van der Waals surface area contributed by atoms with Crippen LogP contribution in [0.25, 0.3) is 16.0 Å². The Hall–Kier alpha value is -2.36. The largest absolute Gasteiger partial charge is 0.372 e. The first-order valence-electron chi connectivity index (χ1n) is 12.0. The Bertz CT molecular complexity index is 1680. The third-order valence-electron chi connectivity index (χ3n) is 6.70. The van der Waals surface area contributed by atoms with E-state index in [0.29, 0.717) is 40.6 Å². The monoisotopic (exact) mass is 570 g/mol. The number of aromatic nitrogens is 4. The van der Waals surface area contributed by atoms with Crippen molar-refractivity contribution < 1.29 is 4.74 Å². The van der Waals surface area contributed by atoms with Crippen molar-refractivity contribution in [3.05, 3.63) is 90.5 Å². The minimum absolute atomic E-state index is 0.0262. The van der Waals surface area contributed by atoms with Gasteiger partial charge in [0.1, 0.15) is 4.83 Å². The fourth-order valence-electron chi connectivity index (χ4n) is 4.70. The molecule has 6 nitrogen and oxygen atoms in total. The van der Waals surface area contributed by atoms with Crippen LogP contribution in [0, 0.1) is 5.92 Å². The molecular weight excluding hydrogens is 547 g/mol. The van der Waals surface area contributed by atoms with E-state index in [-0.39, 0.29) is 11.7 Å². The molecule has 0 saturated heterocycles. The lowest BCUT2D eigenvalue weighted by molar-refractivity contribution is 0.00200. The lowest BCUT2D eigenvalue weighted by Crippen LogP contribution is -2.28. The standard InChI is InChI=1S/C27H24Cl2N4O2S2/c1-15(2)21-11-18-22(13-35-21)37-25-23(18)24(34)32(12-16-6-4-3-5-7-16)26-30-31-27(33(25)26)36-14-17-8-9-19(28)20(29)10-17/h3-10,15,21H,11-14H2,1-2H3. The second kappa shape index (κ2) is 10.1. The van der Waals surface area contributed by atoms with Crippen molar-refractivity contribution in [1.82, 2.24) is 19.2 Å². The van der Waals surface area contributed by atoms with Crippen LogP contribution in [0.15, 0.2) is 58.5 Å². The molecule has 0 bridgehead atoms. The van der Waals surface area contributed by atoms with E-state index < -0.39 is 0 Å². The Labute approximate surface area is 232 Å². The van der Waals surface area contributed by atoms with Gasteiger partial charge in [-0.1, -0.05) is 85.2 Å². The number of fused-ring (bicyclic) bond motifs is 5. The summed E-state index contributed by atoms with van der Waals surface area (Å²) in [6.45, 7) is 5.26. The van der Waals surface area contributed by atoms with E-state index in [9.17, 15) is 4.79 Å². The SMILES string of the molecule is CC(C)C1Cc2c(sc3c2c(=O)n(Cc2ccccc2)c2nnc(SCc4ccc(Cl)c(Cl)c4)n32)CO1. The van der Waals surface area contributed by atoms with Crippen LogP contribution in [-0.4, -0.2) is 25.3 Å². The topological polar surface area (TPSA) is 61.4 Å². The molecule has 10 heteroatoms.